The van der Waals surface area contributed by atoms with Crippen molar-refractivity contribution in [3.63, 3.8) is 0 Å². The molecule has 0 unspecified atom stereocenters. The number of furan rings is 1. The molecule has 4 heteroatoms. The largest absolute Gasteiger partial charge is 0.468 e. The van der Waals surface area contributed by atoms with Crippen LogP contribution < -0.4 is 0 Å². The summed E-state index contributed by atoms with van der Waals surface area (Å²) in [5.41, 5.74) is 0.329. The van der Waals surface area contributed by atoms with Gasteiger partial charge in [0.05, 0.1) is 26.0 Å². The van der Waals surface area contributed by atoms with Gasteiger partial charge < -0.3 is 14.1 Å². The number of nitrogens with zero attached hydrogens (tertiary/aromatic N) is 2. The highest BCUT2D eigenvalue weighted by Gasteiger charge is 2.50. The minimum absolute atomic E-state index is 0.329. The predicted molar refractivity (Wildman–Crippen MR) is 69.3 cm³/mol. The lowest BCUT2D eigenvalue weighted by molar-refractivity contribution is 0.108. The van der Waals surface area contributed by atoms with Crippen LogP contribution in [0.3, 0.4) is 0 Å². The molecule has 0 aromatic carbocycles. The SMILES string of the molecule is CN(C)C[C@]12COC[C@H]1CN(Cc1ccco1)C2. The Bertz CT molecular complexity index is 391. The molecular weight excluding hydrogens is 228 g/mol. The first-order valence-electron chi connectivity index (χ1n) is 6.65. The standard InChI is InChI=1S/C14H22N2O2/c1-15(2)9-14-10-16(6-12(14)8-17-11-14)7-13-4-3-5-18-13/h3-5,12H,6-11H2,1-2H3/t12-,14+/m1/s1. The molecule has 0 spiro atoms. The second-order valence-electron chi connectivity index (χ2n) is 6.06. The normalized spacial score (nSPS) is 32.3. The van der Waals surface area contributed by atoms with E-state index in [2.05, 4.69) is 30.0 Å². The van der Waals surface area contributed by atoms with E-state index in [9.17, 15) is 0 Å². The number of ether oxygens (including phenoxy) is 1. The Morgan fingerprint density at radius 2 is 2.39 bits per heavy atom. The average Bonchev–Trinajstić information content (AvgIpc) is 2.93. The predicted octanol–water partition coefficient (Wildman–Crippen LogP) is 1.29. The summed E-state index contributed by atoms with van der Waals surface area (Å²) in [5, 5.41) is 0. The maximum absolute atomic E-state index is 5.72. The summed E-state index contributed by atoms with van der Waals surface area (Å²) in [5.74, 6) is 1.74. The van der Waals surface area contributed by atoms with Crippen molar-refractivity contribution in [1.82, 2.24) is 9.80 Å². The van der Waals surface area contributed by atoms with E-state index in [0.29, 0.717) is 11.3 Å². The van der Waals surface area contributed by atoms with Gasteiger partial charge in [0, 0.05) is 31.0 Å². The van der Waals surface area contributed by atoms with Gasteiger partial charge in [-0.25, -0.2) is 0 Å². The fourth-order valence-corrected chi connectivity index (χ4v) is 3.54. The van der Waals surface area contributed by atoms with E-state index >= 15 is 0 Å². The van der Waals surface area contributed by atoms with Crippen molar-refractivity contribution >= 4 is 0 Å². The molecular formula is C14H22N2O2. The zero-order chi connectivity index (χ0) is 12.6. The lowest BCUT2D eigenvalue weighted by Gasteiger charge is -2.30. The van der Waals surface area contributed by atoms with Gasteiger partial charge in [-0.05, 0) is 26.2 Å². The molecule has 1 aromatic heterocycles. The van der Waals surface area contributed by atoms with Gasteiger partial charge in [-0.1, -0.05) is 0 Å². The summed E-state index contributed by atoms with van der Waals surface area (Å²) in [6.07, 6.45) is 1.75. The van der Waals surface area contributed by atoms with Crippen LogP contribution in [0.1, 0.15) is 5.76 Å². The molecule has 18 heavy (non-hydrogen) atoms. The van der Waals surface area contributed by atoms with E-state index < -0.39 is 0 Å². The molecule has 2 aliphatic heterocycles. The van der Waals surface area contributed by atoms with Crippen LogP contribution in [-0.4, -0.2) is 56.7 Å². The number of hydrogen-bond donors (Lipinski definition) is 0. The van der Waals surface area contributed by atoms with Gasteiger partial charge in [0.1, 0.15) is 5.76 Å². The maximum atomic E-state index is 5.72. The molecule has 4 nitrogen and oxygen atoms in total. The number of rotatable bonds is 4. The number of hydrogen-bond acceptors (Lipinski definition) is 4. The van der Waals surface area contributed by atoms with E-state index in [0.717, 1.165) is 45.2 Å². The Labute approximate surface area is 108 Å². The third-order valence-corrected chi connectivity index (χ3v) is 4.18. The highest BCUT2D eigenvalue weighted by Crippen LogP contribution is 2.42. The molecule has 2 aliphatic rings. The molecule has 100 valence electrons. The second-order valence-corrected chi connectivity index (χ2v) is 6.06. The molecule has 0 radical (unpaired) electrons. The second kappa shape index (κ2) is 4.68. The zero-order valence-corrected chi connectivity index (χ0v) is 11.3. The summed E-state index contributed by atoms with van der Waals surface area (Å²) in [6.45, 7) is 6.13. The molecule has 3 heterocycles. The quantitative estimate of drug-likeness (QED) is 0.805. The Morgan fingerprint density at radius 3 is 3.11 bits per heavy atom. The van der Waals surface area contributed by atoms with Gasteiger partial charge in [-0.3, -0.25) is 4.90 Å². The minimum atomic E-state index is 0.329. The van der Waals surface area contributed by atoms with E-state index in [1.165, 1.54) is 0 Å². The van der Waals surface area contributed by atoms with E-state index in [1.807, 2.05) is 6.07 Å². The van der Waals surface area contributed by atoms with Gasteiger partial charge in [0.15, 0.2) is 0 Å². The van der Waals surface area contributed by atoms with Crippen molar-refractivity contribution < 1.29 is 9.15 Å². The van der Waals surface area contributed by atoms with Crippen molar-refractivity contribution in [2.75, 3.05) is 46.9 Å². The fraction of sp³-hybridized carbons (Fsp3) is 0.714. The van der Waals surface area contributed by atoms with Crippen LogP contribution in [0.15, 0.2) is 22.8 Å². The van der Waals surface area contributed by atoms with Gasteiger partial charge in [-0.15, -0.1) is 0 Å². The first-order valence-corrected chi connectivity index (χ1v) is 6.65. The van der Waals surface area contributed by atoms with Crippen LogP contribution in [0.25, 0.3) is 0 Å². The lowest BCUT2D eigenvalue weighted by atomic mass is 9.81. The van der Waals surface area contributed by atoms with Crippen LogP contribution in [0.2, 0.25) is 0 Å². The molecule has 0 N–H and O–H groups in total. The third-order valence-electron chi connectivity index (χ3n) is 4.18. The number of likely N-dealkylation sites (tertiary alicyclic amines) is 1. The molecule has 0 saturated carbocycles. The van der Waals surface area contributed by atoms with Gasteiger partial charge in [-0.2, -0.15) is 0 Å². The van der Waals surface area contributed by atoms with Gasteiger partial charge >= 0.3 is 0 Å². The smallest absolute Gasteiger partial charge is 0.117 e. The van der Waals surface area contributed by atoms with Crippen molar-refractivity contribution in [3.05, 3.63) is 24.2 Å². The van der Waals surface area contributed by atoms with Crippen LogP contribution >= 0.6 is 0 Å². The molecule has 0 bridgehead atoms. The first kappa shape index (κ1) is 12.2. The van der Waals surface area contributed by atoms with Crippen LogP contribution in [0.4, 0.5) is 0 Å². The van der Waals surface area contributed by atoms with E-state index in [-0.39, 0.29) is 0 Å². The Hall–Kier alpha value is -0.840. The molecule has 2 atom stereocenters. The van der Waals surface area contributed by atoms with Crippen molar-refractivity contribution in [1.29, 1.82) is 0 Å². The van der Waals surface area contributed by atoms with Gasteiger partial charge in [0.25, 0.3) is 0 Å². The Balaban J connectivity index is 1.68. The fourth-order valence-electron chi connectivity index (χ4n) is 3.54. The minimum Gasteiger partial charge on any atom is -0.468 e. The summed E-state index contributed by atoms with van der Waals surface area (Å²) < 4.78 is 11.2. The third kappa shape index (κ3) is 2.20. The summed E-state index contributed by atoms with van der Waals surface area (Å²) in [7, 11) is 4.30. The van der Waals surface area contributed by atoms with Crippen LogP contribution in [0.5, 0.6) is 0 Å². The lowest BCUT2D eigenvalue weighted by Crippen LogP contribution is -2.40. The van der Waals surface area contributed by atoms with Crippen LogP contribution in [-0.2, 0) is 11.3 Å². The highest BCUT2D eigenvalue weighted by atomic mass is 16.5. The van der Waals surface area contributed by atoms with Crippen molar-refractivity contribution in [2.45, 2.75) is 6.54 Å². The first-order chi connectivity index (χ1) is 8.68. The Morgan fingerprint density at radius 1 is 1.50 bits per heavy atom. The van der Waals surface area contributed by atoms with Gasteiger partial charge in [0.2, 0.25) is 0 Å². The summed E-state index contributed by atoms with van der Waals surface area (Å²) in [4.78, 5) is 4.80. The molecule has 2 fully saturated rings. The van der Waals surface area contributed by atoms with Crippen molar-refractivity contribution in [3.8, 4) is 0 Å². The molecule has 0 aliphatic carbocycles. The van der Waals surface area contributed by atoms with E-state index in [1.54, 1.807) is 6.26 Å². The van der Waals surface area contributed by atoms with E-state index in [4.69, 9.17) is 9.15 Å². The summed E-state index contributed by atoms with van der Waals surface area (Å²) >= 11 is 0. The Kier molecular flexibility index (Phi) is 3.18. The average molecular weight is 250 g/mol. The summed E-state index contributed by atoms with van der Waals surface area (Å²) in [6, 6.07) is 4.02. The monoisotopic (exact) mass is 250 g/mol. The number of fused-ring (bicyclic) bond motifs is 1. The highest BCUT2D eigenvalue weighted by molar-refractivity contribution is 5.04. The molecule has 3 rings (SSSR count). The molecule has 1 aromatic rings. The maximum Gasteiger partial charge on any atom is 0.117 e. The molecule has 0 amide bonds. The van der Waals surface area contributed by atoms with Crippen LogP contribution in [0, 0.1) is 11.3 Å². The molecule has 2 saturated heterocycles. The zero-order valence-electron chi connectivity index (χ0n) is 11.3. The topological polar surface area (TPSA) is 28.9 Å². The van der Waals surface area contributed by atoms with Crippen molar-refractivity contribution in [2.24, 2.45) is 11.3 Å².